The Bertz CT molecular complexity index is 637. The van der Waals surface area contributed by atoms with Crippen molar-refractivity contribution in [3.8, 4) is 11.1 Å². The fraction of sp³-hybridized carbons (Fsp3) is 0.294. The highest BCUT2D eigenvalue weighted by Crippen LogP contribution is 2.41. The van der Waals surface area contributed by atoms with E-state index in [4.69, 9.17) is 0 Å². The van der Waals surface area contributed by atoms with Crippen LogP contribution in [0.15, 0.2) is 48.5 Å². The number of likely N-dealkylation sites (N-methyl/N-ethyl adjacent to an activating group) is 1. The molecule has 0 bridgehead atoms. The second-order valence-corrected chi connectivity index (χ2v) is 5.44. The van der Waals surface area contributed by atoms with E-state index in [2.05, 4.69) is 17.4 Å². The van der Waals surface area contributed by atoms with Crippen LogP contribution in [0.4, 0.5) is 13.2 Å². The van der Waals surface area contributed by atoms with E-state index in [-0.39, 0.29) is 12.4 Å². The largest absolute Gasteiger partial charge is 0.416 e. The molecule has 0 aromatic heterocycles. The summed E-state index contributed by atoms with van der Waals surface area (Å²) in [7, 11) is 1.95. The monoisotopic (exact) mass is 327 g/mol. The molecule has 22 heavy (non-hydrogen) atoms. The summed E-state index contributed by atoms with van der Waals surface area (Å²) in [6, 6.07) is 13.9. The molecular weight excluding hydrogens is 311 g/mol. The lowest BCUT2D eigenvalue weighted by Gasteiger charge is -2.09. The van der Waals surface area contributed by atoms with Crippen molar-refractivity contribution in [2.24, 2.45) is 0 Å². The first-order valence-corrected chi connectivity index (χ1v) is 6.94. The molecule has 1 aliphatic carbocycles. The van der Waals surface area contributed by atoms with Gasteiger partial charge >= 0.3 is 6.18 Å². The highest BCUT2D eigenvalue weighted by Gasteiger charge is 2.36. The van der Waals surface area contributed by atoms with E-state index in [0.29, 0.717) is 12.0 Å². The van der Waals surface area contributed by atoms with Gasteiger partial charge < -0.3 is 5.32 Å². The van der Waals surface area contributed by atoms with Gasteiger partial charge in [0.2, 0.25) is 0 Å². The average molecular weight is 328 g/mol. The fourth-order valence-corrected chi connectivity index (χ4v) is 2.68. The molecule has 0 radical (unpaired) electrons. The third-order valence-electron chi connectivity index (χ3n) is 4.02. The maximum atomic E-state index is 12.6. The number of rotatable bonds is 3. The fourth-order valence-electron chi connectivity index (χ4n) is 2.68. The van der Waals surface area contributed by atoms with Gasteiger partial charge in [0.15, 0.2) is 0 Å². The Morgan fingerprint density at radius 1 is 1.00 bits per heavy atom. The van der Waals surface area contributed by atoms with Crippen LogP contribution in [0.5, 0.6) is 0 Å². The maximum absolute atomic E-state index is 12.6. The predicted molar refractivity (Wildman–Crippen MR) is 84.3 cm³/mol. The summed E-state index contributed by atoms with van der Waals surface area (Å²) in [6.07, 6.45) is -3.17. The maximum Gasteiger partial charge on any atom is 0.416 e. The smallest absolute Gasteiger partial charge is 0.316 e. The molecule has 2 aromatic rings. The molecule has 0 heterocycles. The Morgan fingerprint density at radius 3 is 2.23 bits per heavy atom. The van der Waals surface area contributed by atoms with Gasteiger partial charge in [0.05, 0.1) is 5.56 Å². The van der Waals surface area contributed by atoms with Gasteiger partial charge in [-0.3, -0.25) is 0 Å². The minimum absolute atomic E-state index is 0. The molecule has 5 heteroatoms. The normalized spacial score (nSPS) is 20.4. The average Bonchev–Trinajstić information content (AvgIpc) is 3.26. The molecule has 1 fully saturated rings. The number of hydrogen-bond acceptors (Lipinski definition) is 1. The van der Waals surface area contributed by atoms with Crippen molar-refractivity contribution in [3.05, 3.63) is 59.7 Å². The Labute approximate surface area is 134 Å². The second kappa shape index (κ2) is 6.31. The quantitative estimate of drug-likeness (QED) is 0.848. The molecule has 0 aliphatic heterocycles. The van der Waals surface area contributed by atoms with Crippen LogP contribution in [0.25, 0.3) is 11.1 Å². The van der Waals surface area contributed by atoms with Crippen LogP contribution in [0.1, 0.15) is 23.5 Å². The van der Waals surface area contributed by atoms with Crippen LogP contribution < -0.4 is 5.32 Å². The van der Waals surface area contributed by atoms with E-state index in [1.807, 2.05) is 19.2 Å². The molecule has 1 aliphatic rings. The van der Waals surface area contributed by atoms with Gasteiger partial charge in [-0.1, -0.05) is 36.4 Å². The summed E-state index contributed by atoms with van der Waals surface area (Å²) in [5, 5.41) is 3.25. The number of halogens is 4. The van der Waals surface area contributed by atoms with E-state index >= 15 is 0 Å². The van der Waals surface area contributed by atoms with Crippen LogP contribution >= 0.6 is 12.4 Å². The molecule has 0 spiro atoms. The van der Waals surface area contributed by atoms with E-state index < -0.39 is 11.7 Å². The zero-order valence-electron chi connectivity index (χ0n) is 12.0. The first-order chi connectivity index (χ1) is 9.99. The van der Waals surface area contributed by atoms with Gasteiger partial charge in [-0.2, -0.15) is 13.2 Å². The third-order valence-corrected chi connectivity index (χ3v) is 4.02. The van der Waals surface area contributed by atoms with E-state index in [1.165, 1.54) is 17.7 Å². The SMILES string of the molecule is CNC1CC1c1cccc(-c2ccc(C(F)(F)F)cc2)c1.Cl. The van der Waals surface area contributed by atoms with E-state index in [9.17, 15) is 13.2 Å². The van der Waals surface area contributed by atoms with Gasteiger partial charge in [0, 0.05) is 12.0 Å². The highest BCUT2D eigenvalue weighted by molar-refractivity contribution is 5.85. The summed E-state index contributed by atoms with van der Waals surface area (Å²) in [6.45, 7) is 0. The first kappa shape index (κ1) is 16.8. The van der Waals surface area contributed by atoms with Gasteiger partial charge in [-0.05, 0) is 42.3 Å². The molecule has 2 unspecified atom stereocenters. The van der Waals surface area contributed by atoms with Crippen molar-refractivity contribution in [3.63, 3.8) is 0 Å². The molecule has 0 amide bonds. The summed E-state index contributed by atoms with van der Waals surface area (Å²) in [5.74, 6) is 0.518. The van der Waals surface area contributed by atoms with Crippen molar-refractivity contribution >= 4 is 12.4 Å². The number of nitrogens with one attached hydrogen (secondary N) is 1. The van der Waals surface area contributed by atoms with Crippen LogP contribution in [0.2, 0.25) is 0 Å². The minimum Gasteiger partial charge on any atom is -0.316 e. The lowest BCUT2D eigenvalue weighted by atomic mass is 10.00. The second-order valence-electron chi connectivity index (χ2n) is 5.44. The van der Waals surface area contributed by atoms with Gasteiger partial charge in [-0.15, -0.1) is 12.4 Å². The molecule has 2 atom stereocenters. The highest BCUT2D eigenvalue weighted by atomic mass is 35.5. The molecule has 1 N–H and O–H groups in total. The molecule has 1 saturated carbocycles. The van der Waals surface area contributed by atoms with Crippen molar-refractivity contribution in [1.82, 2.24) is 5.32 Å². The van der Waals surface area contributed by atoms with Crippen LogP contribution in [-0.4, -0.2) is 13.1 Å². The van der Waals surface area contributed by atoms with Crippen molar-refractivity contribution in [2.75, 3.05) is 7.05 Å². The van der Waals surface area contributed by atoms with Crippen molar-refractivity contribution in [2.45, 2.75) is 24.6 Å². The number of benzene rings is 2. The van der Waals surface area contributed by atoms with E-state index in [1.54, 1.807) is 0 Å². The summed E-state index contributed by atoms with van der Waals surface area (Å²) < 4.78 is 37.7. The van der Waals surface area contributed by atoms with Crippen molar-refractivity contribution < 1.29 is 13.2 Å². The number of alkyl halides is 3. The van der Waals surface area contributed by atoms with Crippen molar-refractivity contribution in [1.29, 1.82) is 0 Å². The summed E-state index contributed by atoms with van der Waals surface area (Å²) in [4.78, 5) is 0. The number of hydrogen-bond donors (Lipinski definition) is 1. The Balaban J connectivity index is 0.00000176. The topological polar surface area (TPSA) is 12.0 Å². The predicted octanol–water partition coefficient (Wildman–Crippen LogP) is 4.87. The molecule has 118 valence electrons. The molecule has 2 aromatic carbocycles. The third kappa shape index (κ3) is 3.45. The van der Waals surface area contributed by atoms with Crippen LogP contribution in [0.3, 0.4) is 0 Å². The standard InChI is InChI=1S/C17H16F3N.ClH/c1-21-16-10-15(16)13-4-2-3-12(9-13)11-5-7-14(8-6-11)17(18,19)20;/h2-9,15-16,21H,10H2,1H3;1H. The molecular formula is C17H17ClF3N. The zero-order chi connectivity index (χ0) is 15.0. The van der Waals surface area contributed by atoms with Crippen LogP contribution in [-0.2, 0) is 6.18 Å². The molecule has 3 rings (SSSR count). The Morgan fingerprint density at radius 2 is 1.68 bits per heavy atom. The van der Waals surface area contributed by atoms with Crippen LogP contribution in [0, 0.1) is 0 Å². The summed E-state index contributed by atoms with van der Waals surface area (Å²) >= 11 is 0. The lowest BCUT2D eigenvalue weighted by Crippen LogP contribution is -2.10. The van der Waals surface area contributed by atoms with Gasteiger partial charge in [0.25, 0.3) is 0 Å². The first-order valence-electron chi connectivity index (χ1n) is 6.94. The minimum atomic E-state index is -4.28. The van der Waals surface area contributed by atoms with E-state index in [0.717, 1.165) is 29.7 Å². The Hall–Kier alpha value is -1.52. The zero-order valence-corrected chi connectivity index (χ0v) is 12.8. The van der Waals surface area contributed by atoms with Gasteiger partial charge in [0.1, 0.15) is 0 Å². The van der Waals surface area contributed by atoms with Gasteiger partial charge in [-0.25, -0.2) is 0 Å². The molecule has 0 saturated heterocycles. The Kier molecular flexibility index (Phi) is 4.83. The lowest BCUT2D eigenvalue weighted by molar-refractivity contribution is -0.137. The summed E-state index contributed by atoms with van der Waals surface area (Å²) in [5.41, 5.74) is 2.40. The molecule has 1 nitrogen and oxygen atoms in total.